The van der Waals surface area contributed by atoms with Gasteiger partial charge >= 0.3 is 0 Å². The topological polar surface area (TPSA) is 46.1 Å². The van der Waals surface area contributed by atoms with E-state index in [1.54, 1.807) is 28.6 Å². The fourth-order valence-electron chi connectivity index (χ4n) is 3.98. The number of aromatic nitrogens is 2. The van der Waals surface area contributed by atoms with Crippen molar-refractivity contribution in [2.24, 2.45) is 0 Å². The van der Waals surface area contributed by atoms with Crippen molar-refractivity contribution in [1.29, 1.82) is 0 Å². The van der Waals surface area contributed by atoms with E-state index in [2.05, 4.69) is 55.2 Å². The molecule has 2 aromatic heterocycles. The quantitative estimate of drug-likeness (QED) is 0.280. The van der Waals surface area contributed by atoms with Crippen LogP contribution in [0.3, 0.4) is 0 Å². The molecule has 5 rings (SSSR count). The molecule has 0 aliphatic rings. The van der Waals surface area contributed by atoms with E-state index in [4.69, 9.17) is 4.98 Å². The number of nitrogens with zero attached hydrogens (tertiary/aromatic N) is 3. The van der Waals surface area contributed by atoms with E-state index < -0.39 is 0 Å². The molecule has 0 spiro atoms. The van der Waals surface area contributed by atoms with Crippen molar-refractivity contribution in [3.05, 3.63) is 114 Å². The van der Waals surface area contributed by atoms with Crippen LogP contribution in [0.15, 0.2) is 91.3 Å². The standard InChI is InChI=1S/C29H25N3OS/c1-20-10-15-26-28(21(20)2)31-29(34-26)32(19-23-7-6-16-30-18-23)27(33)17-22-11-13-25(14-12-22)24-8-4-3-5-9-24/h3-16,18H,17,19H2,1-2H3. The Morgan fingerprint density at radius 2 is 1.62 bits per heavy atom. The minimum absolute atomic E-state index is 0.0183. The molecule has 168 valence electrons. The van der Waals surface area contributed by atoms with Gasteiger partial charge in [-0.25, -0.2) is 4.98 Å². The molecule has 1 amide bonds. The van der Waals surface area contributed by atoms with Gasteiger partial charge in [0.05, 0.1) is 23.2 Å². The largest absolute Gasteiger partial charge is 0.283 e. The number of thiazole rings is 1. The molecule has 5 heteroatoms. The zero-order chi connectivity index (χ0) is 23.5. The Kier molecular flexibility index (Phi) is 6.19. The number of fused-ring (bicyclic) bond motifs is 1. The normalized spacial score (nSPS) is 11.0. The summed E-state index contributed by atoms with van der Waals surface area (Å²) in [7, 11) is 0. The average Bonchev–Trinajstić information content (AvgIpc) is 3.31. The monoisotopic (exact) mass is 463 g/mol. The first-order chi connectivity index (χ1) is 16.6. The molecule has 0 bridgehead atoms. The number of benzene rings is 3. The van der Waals surface area contributed by atoms with Crippen LogP contribution in [0.25, 0.3) is 21.3 Å². The minimum Gasteiger partial charge on any atom is -0.283 e. The average molecular weight is 464 g/mol. The predicted octanol–water partition coefficient (Wildman–Crippen LogP) is 6.75. The van der Waals surface area contributed by atoms with Crippen molar-refractivity contribution < 1.29 is 4.79 Å². The summed E-state index contributed by atoms with van der Waals surface area (Å²) in [4.78, 5) is 24.5. The highest BCUT2D eigenvalue weighted by atomic mass is 32.1. The maximum absolute atomic E-state index is 13.6. The minimum atomic E-state index is 0.0183. The van der Waals surface area contributed by atoms with E-state index in [-0.39, 0.29) is 5.91 Å². The molecule has 0 unspecified atom stereocenters. The molecule has 0 atom stereocenters. The van der Waals surface area contributed by atoms with Gasteiger partial charge in [-0.1, -0.05) is 78.1 Å². The van der Waals surface area contributed by atoms with E-state index in [1.807, 2.05) is 42.5 Å². The Labute approximate surface area is 203 Å². The second-order valence-corrected chi connectivity index (χ2v) is 9.44. The number of hydrogen-bond donors (Lipinski definition) is 0. The van der Waals surface area contributed by atoms with E-state index in [9.17, 15) is 4.79 Å². The Hall–Kier alpha value is -3.83. The molecule has 2 heterocycles. The third-order valence-electron chi connectivity index (χ3n) is 6.09. The first kappa shape index (κ1) is 22.0. The first-order valence-corrected chi connectivity index (χ1v) is 12.1. The molecular weight excluding hydrogens is 438 g/mol. The Morgan fingerprint density at radius 3 is 2.35 bits per heavy atom. The summed E-state index contributed by atoms with van der Waals surface area (Å²) in [5.41, 5.74) is 7.59. The van der Waals surface area contributed by atoms with Crippen LogP contribution in [0.5, 0.6) is 0 Å². The van der Waals surface area contributed by atoms with Crippen molar-refractivity contribution in [3.8, 4) is 11.1 Å². The molecular formula is C29H25N3OS. The highest BCUT2D eigenvalue weighted by Gasteiger charge is 2.21. The molecule has 0 aliphatic heterocycles. The van der Waals surface area contributed by atoms with Gasteiger partial charge in [0.25, 0.3) is 0 Å². The molecule has 3 aromatic carbocycles. The number of carbonyl (C=O) groups is 1. The highest BCUT2D eigenvalue weighted by Crippen LogP contribution is 2.33. The van der Waals surface area contributed by atoms with Crippen LogP contribution < -0.4 is 4.90 Å². The van der Waals surface area contributed by atoms with Crippen LogP contribution in [0, 0.1) is 13.8 Å². The lowest BCUT2D eigenvalue weighted by molar-refractivity contribution is -0.118. The van der Waals surface area contributed by atoms with Crippen molar-refractivity contribution in [1.82, 2.24) is 9.97 Å². The fourth-order valence-corrected chi connectivity index (χ4v) is 5.02. The molecule has 0 fully saturated rings. The summed E-state index contributed by atoms with van der Waals surface area (Å²) in [6, 6.07) is 26.6. The molecule has 0 radical (unpaired) electrons. The zero-order valence-corrected chi connectivity index (χ0v) is 20.0. The molecule has 0 N–H and O–H groups in total. The van der Waals surface area contributed by atoms with Gasteiger partial charge in [0.1, 0.15) is 0 Å². The number of rotatable bonds is 6. The third kappa shape index (κ3) is 4.61. The molecule has 0 saturated heterocycles. The van der Waals surface area contributed by atoms with Crippen LogP contribution in [-0.4, -0.2) is 15.9 Å². The number of pyridine rings is 1. The highest BCUT2D eigenvalue weighted by molar-refractivity contribution is 7.22. The van der Waals surface area contributed by atoms with Gasteiger partial charge in [0.2, 0.25) is 5.91 Å². The van der Waals surface area contributed by atoms with Gasteiger partial charge in [-0.2, -0.15) is 0 Å². The van der Waals surface area contributed by atoms with Gasteiger partial charge in [0, 0.05) is 12.4 Å². The summed E-state index contributed by atoms with van der Waals surface area (Å²) in [5, 5.41) is 0.721. The number of anilines is 1. The van der Waals surface area contributed by atoms with Gasteiger partial charge in [-0.05, 0) is 59.4 Å². The Morgan fingerprint density at radius 1 is 0.853 bits per heavy atom. The summed E-state index contributed by atoms with van der Waals surface area (Å²) in [6.45, 7) is 4.61. The summed E-state index contributed by atoms with van der Waals surface area (Å²) < 4.78 is 1.09. The van der Waals surface area contributed by atoms with Crippen molar-refractivity contribution in [3.63, 3.8) is 0 Å². The van der Waals surface area contributed by atoms with Crippen LogP contribution in [0.4, 0.5) is 5.13 Å². The maximum atomic E-state index is 13.6. The second-order valence-electron chi connectivity index (χ2n) is 8.43. The van der Waals surface area contributed by atoms with Crippen LogP contribution in [0.2, 0.25) is 0 Å². The summed E-state index contributed by atoms with van der Waals surface area (Å²) in [6.07, 6.45) is 3.86. The number of carbonyl (C=O) groups excluding carboxylic acids is 1. The van der Waals surface area contributed by atoms with Crippen LogP contribution in [-0.2, 0) is 17.8 Å². The van der Waals surface area contributed by atoms with Crippen LogP contribution >= 0.6 is 11.3 Å². The van der Waals surface area contributed by atoms with E-state index in [1.165, 1.54) is 11.1 Å². The summed E-state index contributed by atoms with van der Waals surface area (Å²) >= 11 is 1.56. The van der Waals surface area contributed by atoms with Gasteiger partial charge < -0.3 is 0 Å². The number of hydrogen-bond acceptors (Lipinski definition) is 4. The Balaban J connectivity index is 1.44. The molecule has 4 nitrogen and oxygen atoms in total. The predicted molar refractivity (Wildman–Crippen MR) is 140 cm³/mol. The zero-order valence-electron chi connectivity index (χ0n) is 19.2. The smallest absolute Gasteiger partial charge is 0.233 e. The molecule has 0 saturated carbocycles. The van der Waals surface area contributed by atoms with E-state index >= 15 is 0 Å². The van der Waals surface area contributed by atoms with E-state index in [0.29, 0.717) is 13.0 Å². The van der Waals surface area contributed by atoms with Gasteiger partial charge in [-0.15, -0.1) is 0 Å². The summed E-state index contributed by atoms with van der Waals surface area (Å²) in [5.74, 6) is 0.0183. The third-order valence-corrected chi connectivity index (χ3v) is 7.13. The van der Waals surface area contributed by atoms with Crippen LogP contribution in [0.1, 0.15) is 22.3 Å². The molecule has 34 heavy (non-hydrogen) atoms. The first-order valence-electron chi connectivity index (χ1n) is 11.3. The maximum Gasteiger partial charge on any atom is 0.233 e. The lowest BCUT2D eigenvalue weighted by Gasteiger charge is -2.20. The SMILES string of the molecule is Cc1ccc2sc(N(Cc3cccnc3)C(=O)Cc3ccc(-c4ccccc4)cc3)nc2c1C. The Bertz CT molecular complexity index is 1430. The van der Waals surface area contributed by atoms with Crippen molar-refractivity contribution in [2.75, 3.05) is 4.90 Å². The lowest BCUT2D eigenvalue weighted by atomic mass is 10.0. The van der Waals surface area contributed by atoms with Crippen molar-refractivity contribution >= 4 is 32.6 Å². The molecule has 5 aromatic rings. The lowest BCUT2D eigenvalue weighted by Crippen LogP contribution is -2.31. The fraction of sp³-hybridized carbons (Fsp3) is 0.138. The number of aryl methyl sites for hydroxylation is 2. The van der Waals surface area contributed by atoms with Gasteiger partial charge in [-0.3, -0.25) is 14.7 Å². The van der Waals surface area contributed by atoms with Crippen molar-refractivity contribution in [2.45, 2.75) is 26.8 Å². The number of amides is 1. The van der Waals surface area contributed by atoms with Gasteiger partial charge in [0.15, 0.2) is 5.13 Å². The second kappa shape index (κ2) is 9.57. The van der Waals surface area contributed by atoms with E-state index in [0.717, 1.165) is 37.6 Å². The molecule has 0 aliphatic carbocycles.